The largest absolute Gasteiger partial charge is 0.399 e. The van der Waals surface area contributed by atoms with Crippen molar-refractivity contribution in [3.05, 3.63) is 30.0 Å². The Hall–Kier alpha value is -2.15. The van der Waals surface area contributed by atoms with Crippen molar-refractivity contribution < 1.29 is 18.3 Å². The second-order valence-corrected chi connectivity index (χ2v) is 4.23. The van der Waals surface area contributed by atoms with E-state index in [-0.39, 0.29) is 19.1 Å². The van der Waals surface area contributed by atoms with Crippen molar-refractivity contribution >= 4 is 22.5 Å². The van der Waals surface area contributed by atoms with Gasteiger partial charge < -0.3 is 20.8 Å². The number of nitrogens with two attached hydrogens (primary N) is 1. The van der Waals surface area contributed by atoms with E-state index in [0.29, 0.717) is 11.3 Å². The van der Waals surface area contributed by atoms with Crippen molar-refractivity contribution in [2.24, 2.45) is 0 Å². The first kappa shape index (κ1) is 14.3. The highest BCUT2D eigenvalue weighted by Crippen LogP contribution is 2.20. The lowest BCUT2D eigenvalue weighted by Crippen LogP contribution is -2.27. The number of aromatic nitrogens is 1. The Labute approximate surface area is 114 Å². The molecule has 1 amide bonds. The van der Waals surface area contributed by atoms with Gasteiger partial charge in [0.05, 0.1) is 12.2 Å². The first-order valence-electron chi connectivity index (χ1n) is 6.08. The van der Waals surface area contributed by atoms with Crippen molar-refractivity contribution in [1.29, 1.82) is 0 Å². The van der Waals surface area contributed by atoms with Crippen LogP contribution in [0.25, 0.3) is 10.9 Å². The molecule has 0 unspecified atom stereocenters. The molecule has 0 atom stereocenters. The van der Waals surface area contributed by atoms with E-state index in [2.05, 4.69) is 15.0 Å². The normalized spacial score (nSPS) is 11.2. The van der Waals surface area contributed by atoms with Gasteiger partial charge >= 0.3 is 0 Å². The molecule has 0 spiro atoms. The Bertz CT molecular complexity index is 598. The highest BCUT2D eigenvalue weighted by atomic mass is 19.3. The number of amides is 1. The van der Waals surface area contributed by atoms with Gasteiger partial charge in [0, 0.05) is 29.3 Å². The summed E-state index contributed by atoms with van der Waals surface area (Å²) in [5.74, 6) is -0.290. The van der Waals surface area contributed by atoms with Crippen LogP contribution in [0.2, 0.25) is 0 Å². The minimum atomic E-state index is -2.50. The third kappa shape index (κ3) is 3.45. The molecule has 7 heteroatoms. The maximum atomic E-state index is 11.9. The van der Waals surface area contributed by atoms with Crippen LogP contribution in [0, 0.1) is 0 Å². The number of hydrogen-bond donors (Lipinski definition) is 3. The number of alkyl halides is 2. The maximum absolute atomic E-state index is 11.9. The first-order valence-corrected chi connectivity index (χ1v) is 6.08. The number of aromatic amines is 1. The number of anilines is 1. The molecule has 0 saturated carbocycles. The molecule has 20 heavy (non-hydrogen) atoms. The summed E-state index contributed by atoms with van der Waals surface area (Å²) in [5.41, 5.74) is 7.50. The second kappa shape index (κ2) is 6.33. The first-order chi connectivity index (χ1) is 9.58. The smallest absolute Gasteiger partial charge is 0.261 e. The van der Waals surface area contributed by atoms with Crippen molar-refractivity contribution in [1.82, 2.24) is 10.3 Å². The predicted molar refractivity (Wildman–Crippen MR) is 71.9 cm³/mol. The molecule has 0 bridgehead atoms. The maximum Gasteiger partial charge on any atom is 0.261 e. The molecule has 0 aliphatic carbocycles. The standard InChI is InChI=1S/C13H15F2N3O2/c14-12(15)7-20-4-3-17-13(19)10-6-18-11-5-8(16)1-2-9(10)11/h1-2,5-6,12,18H,3-4,7,16H2,(H,17,19). The zero-order valence-electron chi connectivity index (χ0n) is 10.7. The fourth-order valence-electron chi connectivity index (χ4n) is 1.84. The van der Waals surface area contributed by atoms with Crippen LogP contribution in [0.15, 0.2) is 24.4 Å². The van der Waals surface area contributed by atoms with Gasteiger partial charge in [-0.25, -0.2) is 8.78 Å². The molecule has 1 aromatic carbocycles. The molecule has 0 radical (unpaired) electrons. The summed E-state index contributed by atoms with van der Waals surface area (Å²) < 4.78 is 28.3. The molecule has 0 aliphatic heterocycles. The summed E-state index contributed by atoms with van der Waals surface area (Å²) in [6.45, 7) is -0.402. The molecule has 1 heterocycles. The van der Waals surface area contributed by atoms with Crippen LogP contribution in [0.1, 0.15) is 10.4 Å². The molecule has 5 nitrogen and oxygen atoms in total. The Morgan fingerprint density at radius 1 is 1.45 bits per heavy atom. The van der Waals surface area contributed by atoms with Crippen LogP contribution in [-0.4, -0.2) is 37.1 Å². The predicted octanol–water partition coefficient (Wildman–Crippen LogP) is 1.76. The van der Waals surface area contributed by atoms with Crippen molar-refractivity contribution in [3.8, 4) is 0 Å². The van der Waals surface area contributed by atoms with Crippen molar-refractivity contribution in [2.75, 3.05) is 25.5 Å². The molecule has 4 N–H and O–H groups in total. The zero-order chi connectivity index (χ0) is 14.5. The molecule has 1 aromatic heterocycles. The highest BCUT2D eigenvalue weighted by Gasteiger charge is 2.11. The number of nitrogen functional groups attached to an aromatic ring is 1. The van der Waals surface area contributed by atoms with Gasteiger partial charge in [-0.2, -0.15) is 0 Å². The number of carbonyl (C=O) groups is 1. The third-order valence-corrected chi connectivity index (χ3v) is 2.73. The molecule has 108 valence electrons. The van der Waals surface area contributed by atoms with Crippen LogP contribution < -0.4 is 11.1 Å². The number of nitrogens with one attached hydrogen (secondary N) is 2. The summed E-state index contributed by atoms with van der Waals surface area (Å²) >= 11 is 0. The minimum Gasteiger partial charge on any atom is -0.399 e. The van der Waals surface area contributed by atoms with Crippen LogP contribution in [0.5, 0.6) is 0 Å². The van der Waals surface area contributed by atoms with Crippen LogP contribution in [-0.2, 0) is 4.74 Å². The number of carbonyl (C=O) groups excluding carboxylic acids is 1. The summed E-state index contributed by atoms with van der Waals surface area (Å²) in [4.78, 5) is 14.9. The average molecular weight is 283 g/mol. The van der Waals surface area contributed by atoms with Gasteiger partial charge in [-0.1, -0.05) is 0 Å². The van der Waals surface area contributed by atoms with E-state index in [1.165, 1.54) is 0 Å². The van der Waals surface area contributed by atoms with E-state index in [0.717, 1.165) is 10.9 Å². The fourth-order valence-corrected chi connectivity index (χ4v) is 1.84. The third-order valence-electron chi connectivity index (χ3n) is 2.73. The number of rotatable bonds is 6. The van der Waals surface area contributed by atoms with Crippen LogP contribution in [0.3, 0.4) is 0 Å². The molecular weight excluding hydrogens is 268 g/mol. The number of halogens is 2. The number of benzene rings is 1. The minimum absolute atomic E-state index is 0.0470. The van der Waals surface area contributed by atoms with Crippen LogP contribution >= 0.6 is 0 Å². The molecule has 0 fully saturated rings. The van der Waals surface area contributed by atoms with Gasteiger partial charge in [0.15, 0.2) is 0 Å². The van der Waals surface area contributed by atoms with Gasteiger partial charge in [-0.05, 0) is 18.2 Å². The SMILES string of the molecule is Nc1ccc2c(C(=O)NCCOCC(F)F)c[nH]c2c1. The molecule has 0 saturated heterocycles. The number of ether oxygens (including phenoxy) is 1. The molecule has 2 rings (SSSR count). The van der Waals surface area contributed by atoms with E-state index < -0.39 is 13.0 Å². The number of H-pyrrole nitrogens is 1. The van der Waals surface area contributed by atoms with Gasteiger partial charge in [0.1, 0.15) is 6.61 Å². The zero-order valence-corrected chi connectivity index (χ0v) is 10.7. The Morgan fingerprint density at radius 3 is 3.00 bits per heavy atom. The average Bonchev–Trinajstić information content (AvgIpc) is 2.80. The Balaban J connectivity index is 1.91. The Morgan fingerprint density at radius 2 is 2.25 bits per heavy atom. The lowest BCUT2D eigenvalue weighted by molar-refractivity contribution is 0.0188. The topological polar surface area (TPSA) is 80.1 Å². The van der Waals surface area contributed by atoms with E-state index in [1.807, 2.05) is 0 Å². The quantitative estimate of drug-likeness (QED) is 0.558. The van der Waals surface area contributed by atoms with Crippen molar-refractivity contribution in [3.63, 3.8) is 0 Å². The van der Waals surface area contributed by atoms with Gasteiger partial charge in [0.2, 0.25) is 0 Å². The fraction of sp³-hybridized carbons (Fsp3) is 0.308. The summed E-state index contributed by atoms with van der Waals surface area (Å²) in [6.07, 6.45) is -0.913. The highest BCUT2D eigenvalue weighted by molar-refractivity contribution is 6.07. The van der Waals surface area contributed by atoms with E-state index in [4.69, 9.17) is 5.73 Å². The lowest BCUT2D eigenvalue weighted by atomic mass is 10.1. The molecule has 2 aromatic rings. The Kier molecular flexibility index (Phi) is 4.52. The van der Waals surface area contributed by atoms with Crippen molar-refractivity contribution in [2.45, 2.75) is 6.43 Å². The van der Waals surface area contributed by atoms with Gasteiger partial charge in [-0.3, -0.25) is 4.79 Å². The van der Waals surface area contributed by atoms with E-state index >= 15 is 0 Å². The molecule has 0 aliphatic rings. The summed E-state index contributed by atoms with van der Waals surface area (Å²) in [6, 6.07) is 5.19. The van der Waals surface area contributed by atoms with E-state index in [1.54, 1.807) is 24.4 Å². The monoisotopic (exact) mass is 283 g/mol. The molecular formula is C13H15F2N3O2. The number of fused-ring (bicyclic) bond motifs is 1. The lowest BCUT2D eigenvalue weighted by Gasteiger charge is -2.05. The van der Waals surface area contributed by atoms with Gasteiger partial charge in [-0.15, -0.1) is 0 Å². The summed E-state index contributed by atoms with van der Waals surface area (Å²) in [5, 5.41) is 3.36. The summed E-state index contributed by atoms with van der Waals surface area (Å²) in [7, 11) is 0. The van der Waals surface area contributed by atoms with Gasteiger partial charge in [0.25, 0.3) is 12.3 Å². The second-order valence-electron chi connectivity index (χ2n) is 4.23. The number of hydrogen-bond acceptors (Lipinski definition) is 3. The van der Waals surface area contributed by atoms with Crippen LogP contribution in [0.4, 0.5) is 14.5 Å². The van der Waals surface area contributed by atoms with E-state index in [9.17, 15) is 13.6 Å².